The molecule has 2 aromatic heterocycles. The smallest absolute Gasteiger partial charge is 0.137 e. The van der Waals surface area contributed by atoms with E-state index in [1.165, 1.54) is 5.69 Å². The van der Waals surface area contributed by atoms with Gasteiger partial charge in [0.15, 0.2) is 0 Å². The molecule has 0 unspecified atom stereocenters. The molecule has 0 spiro atoms. The van der Waals surface area contributed by atoms with E-state index in [9.17, 15) is 0 Å². The Balaban J connectivity index is 1.95. The van der Waals surface area contributed by atoms with Crippen molar-refractivity contribution in [3.8, 4) is 0 Å². The van der Waals surface area contributed by atoms with Crippen molar-refractivity contribution in [3.63, 3.8) is 0 Å². The van der Waals surface area contributed by atoms with Gasteiger partial charge in [-0.1, -0.05) is 0 Å². The van der Waals surface area contributed by atoms with Gasteiger partial charge in [0.25, 0.3) is 0 Å². The summed E-state index contributed by atoms with van der Waals surface area (Å²) in [5.74, 6) is 0.526. The number of aromatic nitrogens is 2. The highest BCUT2D eigenvalue weighted by Gasteiger charge is 2.19. The summed E-state index contributed by atoms with van der Waals surface area (Å²) in [6.07, 6.45) is 6.32. The molecule has 0 aromatic carbocycles. The van der Waals surface area contributed by atoms with Crippen LogP contribution in [0.4, 0.5) is 0 Å². The minimum atomic E-state index is 0.526. The van der Waals surface area contributed by atoms with Crippen molar-refractivity contribution < 1.29 is 9.47 Å². The lowest BCUT2D eigenvalue weighted by atomic mass is 9.97. The van der Waals surface area contributed by atoms with Gasteiger partial charge in [-0.25, -0.2) is 4.98 Å². The Hall–Kier alpha value is -0.910. The third kappa shape index (κ3) is 2.68. The Morgan fingerprint density at radius 3 is 2.95 bits per heavy atom. The molecule has 1 aliphatic heterocycles. The van der Waals surface area contributed by atoms with Crippen LogP contribution in [0.5, 0.6) is 0 Å². The maximum Gasteiger partial charge on any atom is 0.137 e. The van der Waals surface area contributed by atoms with Crippen LogP contribution in [0.25, 0.3) is 5.65 Å². The number of hydrogen-bond donors (Lipinski definition) is 0. The number of halogens is 1. The first-order valence-electron chi connectivity index (χ1n) is 6.51. The lowest BCUT2D eigenvalue weighted by Gasteiger charge is -2.19. The second kappa shape index (κ2) is 5.61. The van der Waals surface area contributed by atoms with Crippen molar-refractivity contribution in [2.45, 2.75) is 25.4 Å². The van der Waals surface area contributed by atoms with E-state index in [1.54, 1.807) is 7.11 Å². The quantitative estimate of drug-likeness (QED) is 0.870. The minimum Gasteiger partial charge on any atom is -0.381 e. The number of rotatable bonds is 3. The average molecular weight is 325 g/mol. The molecule has 5 heteroatoms. The molecular formula is C14H17BrN2O2. The van der Waals surface area contributed by atoms with E-state index in [2.05, 4.69) is 38.8 Å². The molecule has 3 rings (SSSR count). The topological polar surface area (TPSA) is 35.8 Å². The van der Waals surface area contributed by atoms with E-state index < -0.39 is 0 Å². The lowest BCUT2D eigenvalue weighted by molar-refractivity contribution is 0.0846. The zero-order valence-electron chi connectivity index (χ0n) is 10.9. The predicted octanol–water partition coefficient (Wildman–Crippen LogP) is 3.14. The lowest BCUT2D eigenvalue weighted by Crippen LogP contribution is -2.14. The number of hydrogen-bond acceptors (Lipinski definition) is 3. The van der Waals surface area contributed by atoms with Gasteiger partial charge in [-0.15, -0.1) is 0 Å². The summed E-state index contributed by atoms with van der Waals surface area (Å²) in [5, 5.41) is 0. The molecule has 19 heavy (non-hydrogen) atoms. The van der Waals surface area contributed by atoms with Gasteiger partial charge in [0, 0.05) is 43.1 Å². The summed E-state index contributed by atoms with van der Waals surface area (Å²) in [4.78, 5) is 4.75. The van der Waals surface area contributed by atoms with Gasteiger partial charge in [-0.05, 0) is 40.4 Å². The molecule has 0 amide bonds. The average Bonchev–Trinajstić information content (AvgIpc) is 2.83. The van der Waals surface area contributed by atoms with Gasteiger partial charge in [0.2, 0.25) is 0 Å². The zero-order chi connectivity index (χ0) is 13.2. The van der Waals surface area contributed by atoms with Gasteiger partial charge >= 0.3 is 0 Å². The van der Waals surface area contributed by atoms with Crippen LogP contribution >= 0.6 is 15.9 Å². The first-order valence-corrected chi connectivity index (χ1v) is 7.31. The molecular weight excluding hydrogens is 308 g/mol. The van der Waals surface area contributed by atoms with Crippen molar-refractivity contribution >= 4 is 21.6 Å². The highest BCUT2D eigenvalue weighted by atomic mass is 79.9. The molecule has 1 aliphatic rings. The van der Waals surface area contributed by atoms with Gasteiger partial charge < -0.3 is 13.9 Å². The first kappa shape index (κ1) is 13.1. The van der Waals surface area contributed by atoms with E-state index in [0.29, 0.717) is 12.5 Å². The molecule has 0 aliphatic carbocycles. The molecule has 0 bridgehead atoms. The van der Waals surface area contributed by atoms with Gasteiger partial charge in [0.05, 0.1) is 12.3 Å². The van der Waals surface area contributed by atoms with Crippen LogP contribution in [-0.2, 0) is 16.1 Å². The van der Waals surface area contributed by atoms with Crippen LogP contribution in [0.1, 0.15) is 30.0 Å². The molecule has 2 aromatic rings. The summed E-state index contributed by atoms with van der Waals surface area (Å²) in [6.45, 7) is 2.28. The fourth-order valence-electron chi connectivity index (χ4n) is 2.52. The highest BCUT2D eigenvalue weighted by Crippen LogP contribution is 2.27. The number of nitrogens with zero attached hydrogens (tertiary/aromatic N) is 2. The van der Waals surface area contributed by atoms with Crippen molar-refractivity contribution in [2.24, 2.45) is 0 Å². The number of methoxy groups -OCH3 is 1. The second-order valence-electron chi connectivity index (χ2n) is 4.90. The molecule has 4 nitrogen and oxygen atoms in total. The second-order valence-corrected chi connectivity index (χ2v) is 5.75. The summed E-state index contributed by atoms with van der Waals surface area (Å²) in [5.41, 5.74) is 3.28. The van der Waals surface area contributed by atoms with Crippen molar-refractivity contribution in [1.29, 1.82) is 0 Å². The van der Waals surface area contributed by atoms with Gasteiger partial charge in [-0.2, -0.15) is 0 Å². The summed E-state index contributed by atoms with van der Waals surface area (Å²) in [7, 11) is 1.70. The summed E-state index contributed by atoms with van der Waals surface area (Å²) in [6, 6.07) is 2.08. The zero-order valence-corrected chi connectivity index (χ0v) is 12.5. The molecule has 1 fully saturated rings. The SMILES string of the molecule is COCc1cc2nc(C3CCOCC3)cn2cc1Br. The van der Waals surface area contributed by atoms with E-state index in [-0.39, 0.29) is 0 Å². The molecule has 3 heterocycles. The summed E-state index contributed by atoms with van der Waals surface area (Å²) < 4.78 is 13.7. The van der Waals surface area contributed by atoms with Crippen molar-refractivity contribution in [1.82, 2.24) is 9.38 Å². The Kier molecular flexibility index (Phi) is 3.86. The van der Waals surface area contributed by atoms with Crippen molar-refractivity contribution in [2.75, 3.05) is 20.3 Å². The maximum absolute atomic E-state index is 5.41. The largest absolute Gasteiger partial charge is 0.381 e. The normalized spacial score (nSPS) is 17.2. The van der Waals surface area contributed by atoms with Crippen LogP contribution in [0.3, 0.4) is 0 Å². The van der Waals surface area contributed by atoms with Crippen LogP contribution in [0.2, 0.25) is 0 Å². The third-order valence-electron chi connectivity index (χ3n) is 3.58. The Labute approximate surface area is 120 Å². The van der Waals surface area contributed by atoms with E-state index >= 15 is 0 Å². The monoisotopic (exact) mass is 324 g/mol. The van der Waals surface area contributed by atoms with Crippen LogP contribution in [0, 0.1) is 0 Å². The number of pyridine rings is 1. The predicted molar refractivity (Wildman–Crippen MR) is 76.4 cm³/mol. The van der Waals surface area contributed by atoms with Crippen LogP contribution in [0.15, 0.2) is 22.9 Å². The fraction of sp³-hybridized carbons (Fsp3) is 0.500. The summed E-state index contributed by atoms with van der Waals surface area (Å²) >= 11 is 3.58. The van der Waals surface area contributed by atoms with E-state index in [4.69, 9.17) is 14.5 Å². The minimum absolute atomic E-state index is 0.526. The van der Waals surface area contributed by atoms with E-state index in [0.717, 1.165) is 41.7 Å². The Bertz CT molecular complexity index is 576. The standard InChI is InChI=1S/C14H17BrN2O2/c1-18-9-11-6-14-16-13(8-17(14)7-12(11)15)10-2-4-19-5-3-10/h6-8,10H,2-5,9H2,1H3. The molecule has 0 radical (unpaired) electrons. The molecule has 102 valence electrons. The molecule has 0 N–H and O–H groups in total. The molecule has 0 atom stereocenters. The third-order valence-corrected chi connectivity index (χ3v) is 4.30. The molecule has 0 saturated carbocycles. The number of imidazole rings is 1. The maximum atomic E-state index is 5.41. The van der Waals surface area contributed by atoms with Gasteiger partial charge in [0.1, 0.15) is 5.65 Å². The number of ether oxygens (including phenoxy) is 2. The Morgan fingerprint density at radius 2 is 2.21 bits per heavy atom. The number of fused-ring (bicyclic) bond motifs is 1. The fourth-order valence-corrected chi connectivity index (χ4v) is 2.97. The van der Waals surface area contributed by atoms with Crippen LogP contribution < -0.4 is 0 Å². The van der Waals surface area contributed by atoms with Gasteiger partial charge in [-0.3, -0.25) is 0 Å². The first-order chi connectivity index (χ1) is 9.28. The van der Waals surface area contributed by atoms with E-state index in [1.807, 2.05) is 0 Å². The van der Waals surface area contributed by atoms with Crippen molar-refractivity contribution in [3.05, 3.63) is 34.2 Å². The highest BCUT2D eigenvalue weighted by molar-refractivity contribution is 9.10. The molecule has 1 saturated heterocycles. The van der Waals surface area contributed by atoms with Crippen LogP contribution in [-0.4, -0.2) is 29.7 Å². The Morgan fingerprint density at radius 1 is 1.42 bits per heavy atom.